The summed E-state index contributed by atoms with van der Waals surface area (Å²) < 4.78 is 1.71. The fourth-order valence-electron chi connectivity index (χ4n) is 2.74. The molecule has 0 spiro atoms. The van der Waals surface area contributed by atoms with Crippen molar-refractivity contribution in [3.05, 3.63) is 42.2 Å². The number of amides is 1. The van der Waals surface area contributed by atoms with Gasteiger partial charge >= 0.3 is 0 Å². The Hall–Kier alpha value is -2.30. The van der Waals surface area contributed by atoms with Gasteiger partial charge in [-0.25, -0.2) is 4.68 Å². The molecule has 0 bridgehead atoms. The van der Waals surface area contributed by atoms with Crippen molar-refractivity contribution in [2.75, 3.05) is 18.8 Å². The van der Waals surface area contributed by atoms with Crippen molar-refractivity contribution in [2.45, 2.75) is 19.8 Å². The summed E-state index contributed by atoms with van der Waals surface area (Å²) >= 11 is 0. The molecule has 5 heteroatoms. The monoisotopic (exact) mass is 284 g/mol. The van der Waals surface area contributed by atoms with Gasteiger partial charge in [-0.05, 0) is 49.1 Å². The zero-order chi connectivity index (χ0) is 14.8. The Kier molecular flexibility index (Phi) is 3.64. The molecule has 0 saturated carbocycles. The number of nitrogen functional groups attached to an aromatic ring is 1. The molecule has 21 heavy (non-hydrogen) atoms. The lowest BCUT2D eigenvalue weighted by atomic mass is 10.0. The molecule has 2 heterocycles. The molecule has 2 N–H and O–H groups in total. The molecule has 1 atom stereocenters. The number of piperidine rings is 1. The molecule has 1 aromatic heterocycles. The molecule has 1 amide bonds. The molecule has 1 fully saturated rings. The van der Waals surface area contributed by atoms with Crippen molar-refractivity contribution in [3.63, 3.8) is 0 Å². The lowest BCUT2D eigenvalue weighted by Gasteiger charge is -2.30. The van der Waals surface area contributed by atoms with Crippen molar-refractivity contribution >= 4 is 11.6 Å². The summed E-state index contributed by atoms with van der Waals surface area (Å²) in [7, 11) is 0. The Morgan fingerprint density at radius 1 is 1.29 bits per heavy atom. The van der Waals surface area contributed by atoms with E-state index in [0.717, 1.165) is 25.2 Å². The maximum atomic E-state index is 12.5. The van der Waals surface area contributed by atoms with Gasteiger partial charge in [0.25, 0.3) is 5.91 Å². The third kappa shape index (κ3) is 2.91. The molecule has 1 aromatic carbocycles. The average molecular weight is 284 g/mol. The van der Waals surface area contributed by atoms with Crippen LogP contribution in [0.3, 0.4) is 0 Å². The highest BCUT2D eigenvalue weighted by atomic mass is 16.2. The van der Waals surface area contributed by atoms with E-state index >= 15 is 0 Å². The minimum absolute atomic E-state index is 0.0238. The van der Waals surface area contributed by atoms with Gasteiger partial charge in [-0.3, -0.25) is 4.79 Å². The molecular formula is C16H20N4O. The number of anilines is 1. The summed E-state index contributed by atoms with van der Waals surface area (Å²) in [5, 5.41) is 4.39. The van der Waals surface area contributed by atoms with Crippen LogP contribution in [0.15, 0.2) is 36.5 Å². The minimum Gasteiger partial charge on any atom is -0.399 e. The second-order valence-corrected chi connectivity index (χ2v) is 5.74. The fourth-order valence-corrected chi connectivity index (χ4v) is 2.74. The Morgan fingerprint density at radius 3 is 2.76 bits per heavy atom. The maximum Gasteiger partial charge on any atom is 0.274 e. The third-order valence-electron chi connectivity index (χ3n) is 3.91. The van der Waals surface area contributed by atoms with Crippen LogP contribution in [0.2, 0.25) is 0 Å². The zero-order valence-electron chi connectivity index (χ0n) is 12.2. The number of carbonyl (C=O) groups excluding carboxylic acids is 1. The molecule has 0 aliphatic carbocycles. The van der Waals surface area contributed by atoms with E-state index in [1.165, 1.54) is 6.42 Å². The Bertz CT molecular complexity index is 632. The van der Waals surface area contributed by atoms with Crippen molar-refractivity contribution in [3.8, 4) is 5.69 Å². The second-order valence-electron chi connectivity index (χ2n) is 5.74. The van der Waals surface area contributed by atoms with Crippen LogP contribution in [0.4, 0.5) is 5.69 Å². The molecule has 1 aliphatic rings. The third-order valence-corrected chi connectivity index (χ3v) is 3.91. The summed E-state index contributed by atoms with van der Waals surface area (Å²) in [6.45, 7) is 3.85. The van der Waals surface area contributed by atoms with Crippen molar-refractivity contribution in [1.29, 1.82) is 0 Å². The highest BCUT2D eigenvalue weighted by molar-refractivity contribution is 5.92. The number of hydrogen-bond donors (Lipinski definition) is 1. The maximum absolute atomic E-state index is 12.5. The number of hydrogen-bond acceptors (Lipinski definition) is 3. The largest absolute Gasteiger partial charge is 0.399 e. The topological polar surface area (TPSA) is 64.2 Å². The van der Waals surface area contributed by atoms with Crippen molar-refractivity contribution in [1.82, 2.24) is 14.7 Å². The van der Waals surface area contributed by atoms with Gasteiger partial charge in [0.05, 0.1) is 5.69 Å². The number of rotatable bonds is 2. The van der Waals surface area contributed by atoms with Gasteiger partial charge < -0.3 is 10.6 Å². The first-order valence-corrected chi connectivity index (χ1v) is 7.34. The quantitative estimate of drug-likeness (QED) is 0.861. The van der Waals surface area contributed by atoms with E-state index < -0.39 is 0 Å². The van der Waals surface area contributed by atoms with E-state index in [9.17, 15) is 4.79 Å². The first-order chi connectivity index (χ1) is 10.1. The summed E-state index contributed by atoms with van der Waals surface area (Å²) in [6.07, 6.45) is 4.08. The van der Waals surface area contributed by atoms with Gasteiger partial charge in [-0.15, -0.1) is 0 Å². The molecular weight excluding hydrogens is 264 g/mol. The molecule has 1 saturated heterocycles. The normalized spacial score (nSPS) is 18.7. The molecule has 2 aromatic rings. The lowest BCUT2D eigenvalue weighted by molar-refractivity contribution is 0.0676. The number of nitrogens with two attached hydrogens (primary N) is 1. The van der Waals surface area contributed by atoms with Gasteiger partial charge in [-0.1, -0.05) is 6.92 Å². The molecule has 110 valence electrons. The van der Waals surface area contributed by atoms with Crippen molar-refractivity contribution in [2.24, 2.45) is 5.92 Å². The standard InChI is InChI=1S/C16H20N4O/c1-12-3-2-9-19(11-12)16(21)15-8-10-20(18-15)14-6-4-13(17)5-7-14/h4-8,10,12H,2-3,9,11,17H2,1H3. The number of aromatic nitrogens is 2. The fraction of sp³-hybridized carbons (Fsp3) is 0.375. The van der Waals surface area contributed by atoms with Gasteiger partial charge in [0, 0.05) is 25.0 Å². The predicted octanol–water partition coefficient (Wildman–Crippen LogP) is 2.33. The smallest absolute Gasteiger partial charge is 0.274 e. The van der Waals surface area contributed by atoms with Gasteiger partial charge in [0.2, 0.25) is 0 Å². The van der Waals surface area contributed by atoms with E-state index in [4.69, 9.17) is 5.73 Å². The first-order valence-electron chi connectivity index (χ1n) is 7.34. The summed E-state index contributed by atoms with van der Waals surface area (Å²) in [5.74, 6) is 0.595. The van der Waals surface area contributed by atoms with Crippen LogP contribution in [0.25, 0.3) is 5.69 Å². The molecule has 1 aliphatic heterocycles. The zero-order valence-corrected chi connectivity index (χ0v) is 12.2. The van der Waals surface area contributed by atoms with E-state index in [0.29, 0.717) is 17.3 Å². The first kappa shape index (κ1) is 13.7. The van der Waals surface area contributed by atoms with Crippen LogP contribution < -0.4 is 5.73 Å². The van der Waals surface area contributed by atoms with Crippen molar-refractivity contribution < 1.29 is 4.79 Å². The molecule has 5 nitrogen and oxygen atoms in total. The van der Waals surface area contributed by atoms with Gasteiger partial charge in [-0.2, -0.15) is 5.10 Å². The van der Waals surface area contributed by atoms with E-state index in [1.54, 1.807) is 10.7 Å². The van der Waals surface area contributed by atoms with E-state index in [-0.39, 0.29) is 5.91 Å². The highest BCUT2D eigenvalue weighted by Gasteiger charge is 2.23. The number of benzene rings is 1. The minimum atomic E-state index is 0.0238. The second kappa shape index (κ2) is 5.60. The predicted molar refractivity (Wildman–Crippen MR) is 82.3 cm³/mol. The van der Waals surface area contributed by atoms with Crippen LogP contribution in [-0.4, -0.2) is 33.7 Å². The van der Waals surface area contributed by atoms with Crippen LogP contribution in [0.1, 0.15) is 30.3 Å². The summed E-state index contributed by atoms with van der Waals surface area (Å²) in [4.78, 5) is 14.4. The van der Waals surface area contributed by atoms with Crippen LogP contribution >= 0.6 is 0 Å². The Labute approximate surface area is 124 Å². The molecule has 0 radical (unpaired) electrons. The van der Waals surface area contributed by atoms with Gasteiger partial charge in [0.1, 0.15) is 0 Å². The van der Waals surface area contributed by atoms with Crippen LogP contribution in [0.5, 0.6) is 0 Å². The van der Waals surface area contributed by atoms with Crippen LogP contribution in [-0.2, 0) is 0 Å². The Balaban J connectivity index is 1.78. The summed E-state index contributed by atoms with van der Waals surface area (Å²) in [6, 6.07) is 9.20. The van der Waals surface area contributed by atoms with Gasteiger partial charge in [0.15, 0.2) is 5.69 Å². The van der Waals surface area contributed by atoms with Crippen LogP contribution in [0, 0.1) is 5.92 Å². The van der Waals surface area contributed by atoms with E-state index in [1.807, 2.05) is 35.4 Å². The number of nitrogens with zero attached hydrogens (tertiary/aromatic N) is 3. The highest BCUT2D eigenvalue weighted by Crippen LogP contribution is 2.18. The molecule has 3 rings (SSSR count). The lowest BCUT2D eigenvalue weighted by Crippen LogP contribution is -2.39. The number of likely N-dealkylation sites (tertiary alicyclic amines) is 1. The Morgan fingerprint density at radius 2 is 2.05 bits per heavy atom. The number of carbonyl (C=O) groups is 1. The SMILES string of the molecule is CC1CCCN(C(=O)c2ccn(-c3ccc(N)cc3)n2)C1. The average Bonchev–Trinajstić information content (AvgIpc) is 2.97. The molecule has 1 unspecified atom stereocenters. The van der Waals surface area contributed by atoms with E-state index in [2.05, 4.69) is 12.0 Å². The summed E-state index contributed by atoms with van der Waals surface area (Å²) in [5.41, 5.74) is 7.79.